The van der Waals surface area contributed by atoms with Crippen LogP contribution < -0.4 is 4.90 Å². The first-order chi connectivity index (χ1) is 14.5. The van der Waals surface area contributed by atoms with Gasteiger partial charge in [-0.15, -0.1) is 0 Å². The smallest absolute Gasteiger partial charge is 0.243 e. The number of nitrogens with zero attached hydrogens (tertiary/aromatic N) is 1. The molecule has 0 radical (unpaired) electrons. The van der Waals surface area contributed by atoms with Crippen molar-refractivity contribution in [3.05, 3.63) is 101 Å². The molecule has 0 atom stereocenters. The lowest BCUT2D eigenvalue weighted by Gasteiger charge is -2.36. The number of benzene rings is 3. The molecular formula is C23H23ClFN2O2S+. The lowest BCUT2D eigenvalue weighted by molar-refractivity contribution is -0.929. The standard InChI is InChI=1S/C23H22ClFN2O2S/c24-21-17-20(11-12-22(21)25)30(28,29)27-15-13-26(14-16-27)23(18-7-3-1-4-8-18)19-9-5-2-6-10-19/h1-12,17,23H,13-16H2/p+1. The minimum atomic E-state index is -3.71. The number of quaternary nitrogens is 1. The minimum absolute atomic E-state index is 0.0278. The van der Waals surface area contributed by atoms with Gasteiger partial charge in [-0.05, 0) is 18.2 Å². The summed E-state index contributed by atoms with van der Waals surface area (Å²) in [6, 6.07) is 24.3. The van der Waals surface area contributed by atoms with Crippen molar-refractivity contribution in [1.29, 1.82) is 0 Å². The molecule has 1 fully saturated rings. The van der Waals surface area contributed by atoms with E-state index in [1.54, 1.807) is 0 Å². The van der Waals surface area contributed by atoms with Crippen LogP contribution >= 0.6 is 11.6 Å². The summed E-state index contributed by atoms with van der Waals surface area (Å²) in [4.78, 5) is 1.34. The van der Waals surface area contributed by atoms with Crippen molar-refractivity contribution in [2.45, 2.75) is 10.9 Å². The molecule has 3 aromatic carbocycles. The Morgan fingerprint density at radius 2 is 1.40 bits per heavy atom. The third-order valence-electron chi connectivity index (χ3n) is 5.57. The SMILES string of the molecule is O=S(=O)(c1ccc(F)c(Cl)c1)N1CC[NH+](C(c2ccccc2)c2ccccc2)CC1. The first-order valence-corrected chi connectivity index (χ1v) is 11.7. The van der Waals surface area contributed by atoms with E-state index in [0.717, 1.165) is 6.07 Å². The van der Waals surface area contributed by atoms with Crippen LogP contribution in [0.25, 0.3) is 0 Å². The van der Waals surface area contributed by atoms with Crippen molar-refractivity contribution in [2.75, 3.05) is 26.2 Å². The summed E-state index contributed by atoms with van der Waals surface area (Å²) >= 11 is 5.80. The maximum Gasteiger partial charge on any atom is 0.243 e. The molecular weight excluding hydrogens is 423 g/mol. The van der Waals surface area contributed by atoms with E-state index < -0.39 is 15.8 Å². The molecule has 0 aromatic heterocycles. The zero-order chi connectivity index (χ0) is 21.1. The van der Waals surface area contributed by atoms with Gasteiger partial charge in [-0.3, -0.25) is 0 Å². The number of hydrogen-bond acceptors (Lipinski definition) is 2. The van der Waals surface area contributed by atoms with Crippen LogP contribution in [0.5, 0.6) is 0 Å². The van der Waals surface area contributed by atoms with Crippen molar-refractivity contribution >= 4 is 21.6 Å². The van der Waals surface area contributed by atoms with E-state index in [0.29, 0.717) is 26.2 Å². The molecule has 1 saturated heterocycles. The van der Waals surface area contributed by atoms with Crippen LogP contribution in [0.1, 0.15) is 17.2 Å². The van der Waals surface area contributed by atoms with Crippen LogP contribution in [0.15, 0.2) is 83.8 Å². The first-order valence-electron chi connectivity index (χ1n) is 9.86. The van der Waals surface area contributed by atoms with Crippen molar-refractivity contribution < 1.29 is 17.7 Å². The molecule has 0 spiro atoms. The van der Waals surface area contributed by atoms with E-state index in [2.05, 4.69) is 24.3 Å². The number of halogens is 2. The molecule has 0 bridgehead atoms. The van der Waals surface area contributed by atoms with Crippen molar-refractivity contribution in [3.63, 3.8) is 0 Å². The van der Waals surface area contributed by atoms with Gasteiger partial charge in [0.15, 0.2) is 0 Å². The zero-order valence-corrected chi connectivity index (χ0v) is 17.9. The Balaban J connectivity index is 1.55. The highest BCUT2D eigenvalue weighted by atomic mass is 35.5. The fraction of sp³-hybridized carbons (Fsp3) is 0.217. The van der Waals surface area contributed by atoms with Crippen LogP contribution in [0.2, 0.25) is 5.02 Å². The third-order valence-corrected chi connectivity index (χ3v) is 7.75. The molecule has 30 heavy (non-hydrogen) atoms. The summed E-state index contributed by atoms with van der Waals surface area (Å²) in [6.07, 6.45) is 0. The number of piperazine rings is 1. The van der Waals surface area contributed by atoms with E-state index in [1.165, 1.54) is 32.5 Å². The highest BCUT2D eigenvalue weighted by Gasteiger charge is 2.35. The van der Waals surface area contributed by atoms with E-state index >= 15 is 0 Å². The van der Waals surface area contributed by atoms with Crippen LogP contribution in [0.4, 0.5) is 4.39 Å². The maximum absolute atomic E-state index is 13.4. The summed E-state index contributed by atoms with van der Waals surface area (Å²) in [6.45, 7) is 2.12. The number of sulfonamides is 1. The molecule has 1 heterocycles. The number of rotatable bonds is 5. The van der Waals surface area contributed by atoms with Gasteiger partial charge in [0.25, 0.3) is 0 Å². The van der Waals surface area contributed by atoms with Crippen LogP contribution in [-0.4, -0.2) is 38.9 Å². The van der Waals surface area contributed by atoms with Gasteiger partial charge >= 0.3 is 0 Å². The molecule has 0 aliphatic carbocycles. The molecule has 3 aromatic rings. The molecule has 1 aliphatic rings. The normalized spacial score (nSPS) is 16.1. The second-order valence-electron chi connectivity index (χ2n) is 7.39. The van der Waals surface area contributed by atoms with Gasteiger partial charge in [0, 0.05) is 11.1 Å². The summed E-state index contributed by atoms with van der Waals surface area (Å²) in [5.41, 5.74) is 2.42. The average molecular weight is 446 g/mol. The molecule has 7 heteroatoms. The molecule has 0 saturated carbocycles. The Bertz CT molecular complexity index is 1060. The Morgan fingerprint density at radius 3 is 1.90 bits per heavy atom. The third kappa shape index (κ3) is 4.27. The highest BCUT2D eigenvalue weighted by molar-refractivity contribution is 7.89. The van der Waals surface area contributed by atoms with Gasteiger partial charge < -0.3 is 4.90 Å². The molecule has 4 rings (SSSR count). The summed E-state index contributed by atoms with van der Waals surface area (Å²) in [7, 11) is -3.71. The van der Waals surface area contributed by atoms with Gasteiger partial charge in [-0.1, -0.05) is 72.3 Å². The van der Waals surface area contributed by atoms with Crippen LogP contribution in [0.3, 0.4) is 0 Å². The summed E-state index contributed by atoms with van der Waals surface area (Å²) in [5.74, 6) is -0.626. The van der Waals surface area contributed by atoms with Crippen LogP contribution in [-0.2, 0) is 10.0 Å². The van der Waals surface area contributed by atoms with Crippen molar-refractivity contribution in [1.82, 2.24) is 4.31 Å². The molecule has 1 N–H and O–H groups in total. The Hall–Kier alpha value is -2.25. The van der Waals surface area contributed by atoms with Gasteiger partial charge in [-0.2, -0.15) is 4.31 Å². The van der Waals surface area contributed by atoms with Gasteiger partial charge in [0.05, 0.1) is 36.1 Å². The Kier molecular flexibility index (Phi) is 6.20. The minimum Gasteiger partial charge on any atom is -0.323 e. The van der Waals surface area contributed by atoms with Crippen molar-refractivity contribution in [2.24, 2.45) is 0 Å². The van der Waals surface area contributed by atoms with E-state index in [1.807, 2.05) is 36.4 Å². The zero-order valence-electron chi connectivity index (χ0n) is 16.3. The summed E-state index contributed by atoms with van der Waals surface area (Å²) in [5, 5.41) is -0.187. The lowest BCUT2D eigenvalue weighted by Crippen LogP contribution is -3.15. The van der Waals surface area contributed by atoms with E-state index in [4.69, 9.17) is 11.6 Å². The second kappa shape index (κ2) is 8.86. The molecule has 4 nitrogen and oxygen atoms in total. The molecule has 0 unspecified atom stereocenters. The van der Waals surface area contributed by atoms with E-state index in [9.17, 15) is 12.8 Å². The van der Waals surface area contributed by atoms with Crippen LogP contribution in [0, 0.1) is 5.82 Å². The monoisotopic (exact) mass is 445 g/mol. The van der Waals surface area contributed by atoms with Gasteiger partial charge in [0.2, 0.25) is 10.0 Å². The average Bonchev–Trinajstić information content (AvgIpc) is 2.78. The topological polar surface area (TPSA) is 41.8 Å². The number of hydrogen-bond donors (Lipinski definition) is 1. The second-order valence-corrected chi connectivity index (χ2v) is 9.74. The Labute approximate surface area is 181 Å². The molecule has 156 valence electrons. The predicted molar refractivity (Wildman–Crippen MR) is 116 cm³/mol. The van der Waals surface area contributed by atoms with Gasteiger partial charge in [0.1, 0.15) is 11.9 Å². The fourth-order valence-electron chi connectivity index (χ4n) is 4.04. The molecule has 0 amide bonds. The molecule has 1 aliphatic heterocycles. The lowest BCUT2D eigenvalue weighted by atomic mass is 9.96. The largest absolute Gasteiger partial charge is 0.323 e. The van der Waals surface area contributed by atoms with Crippen molar-refractivity contribution in [3.8, 4) is 0 Å². The summed E-state index contributed by atoms with van der Waals surface area (Å²) < 4.78 is 40.9. The van der Waals surface area contributed by atoms with Gasteiger partial charge in [-0.25, -0.2) is 12.8 Å². The first kappa shape index (κ1) is 21.0. The highest BCUT2D eigenvalue weighted by Crippen LogP contribution is 2.23. The number of nitrogens with one attached hydrogen (secondary N) is 1. The Morgan fingerprint density at radius 1 is 0.867 bits per heavy atom. The quantitative estimate of drug-likeness (QED) is 0.655. The predicted octanol–water partition coefficient (Wildman–Crippen LogP) is 3.16. The fourth-order valence-corrected chi connectivity index (χ4v) is 5.76. The van der Waals surface area contributed by atoms with E-state index in [-0.39, 0.29) is 16.0 Å². The maximum atomic E-state index is 13.4.